The van der Waals surface area contributed by atoms with Crippen molar-refractivity contribution in [2.45, 2.75) is 0 Å². The molecule has 0 aliphatic heterocycles. The van der Waals surface area contributed by atoms with E-state index < -0.39 is 79.0 Å². The predicted molar refractivity (Wildman–Crippen MR) is 96.2 cm³/mol. The van der Waals surface area contributed by atoms with Gasteiger partial charge in [0.05, 0.1) is 11.1 Å². The molecule has 174 valence electrons. The summed E-state index contributed by atoms with van der Waals surface area (Å²) in [5.41, 5.74) is -5.39. The maximum Gasteiger partial charge on any atom is 0.346 e. The van der Waals surface area contributed by atoms with Crippen molar-refractivity contribution in [3.05, 3.63) is 57.5 Å². The van der Waals surface area contributed by atoms with Gasteiger partial charge in [0, 0.05) is 19.1 Å². The number of anilines is 1. The van der Waals surface area contributed by atoms with Gasteiger partial charge in [0.25, 0.3) is 5.91 Å². The van der Waals surface area contributed by atoms with E-state index in [-0.39, 0.29) is 0 Å². The summed E-state index contributed by atoms with van der Waals surface area (Å²) in [6, 6.07) is 2.84. The summed E-state index contributed by atoms with van der Waals surface area (Å²) in [7, 11) is 0. The van der Waals surface area contributed by atoms with Gasteiger partial charge >= 0.3 is 5.97 Å². The van der Waals surface area contributed by atoms with E-state index in [4.69, 9.17) is 5.11 Å². The molecule has 0 unspecified atom stereocenters. The van der Waals surface area contributed by atoms with Crippen LogP contribution in [-0.2, 0) is 0 Å². The minimum atomic E-state index is -2.16. The quantitative estimate of drug-likeness (QED) is 0.326. The topological polar surface area (TPSA) is 85.3 Å². The van der Waals surface area contributed by atoms with E-state index in [9.17, 15) is 40.8 Å². The molecule has 0 aliphatic rings. The van der Waals surface area contributed by atoms with Crippen LogP contribution in [0.3, 0.4) is 0 Å². The normalized spacial score (nSPS) is 10.6. The fourth-order valence-electron chi connectivity index (χ4n) is 2.82. The second kappa shape index (κ2) is 9.23. The van der Waals surface area contributed by atoms with E-state index in [2.05, 4.69) is 14.8 Å². The zero-order chi connectivity index (χ0) is 24.4. The molecule has 0 saturated heterocycles. The molecule has 3 rings (SSSR count). The number of hydrogen-bond donors (Lipinski definition) is 1. The third kappa shape index (κ3) is 3.86. The Morgan fingerprint density at radius 3 is 2.12 bits per heavy atom. The first-order valence-electron chi connectivity index (χ1n) is 8.20. The lowest BCUT2D eigenvalue weighted by atomic mass is 10.0. The maximum absolute atomic E-state index is 15.0. The molecule has 1 aromatic heterocycles. The smallest absolute Gasteiger partial charge is 0.346 e. The van der Waals surface area contributed by atoms with Crippen LogP contribution in [0, 0.1) is 17.5 Å². The van der Waals surface area contributed by atoms with Crippen LogP contribution in [0.5, 0.6) is 17.2 Å². The van der Waals surface area contributed by atoms with E-state index in [0.717, 1.165) is 17.5 Å². The second-order valence-electron chi connectivity index (χ2n) is 5.91. The number of hydrogen-bond acceptors (Lipinski definition) is 6. The molecule has 2 aromatic carbocycles. The number of carboxylic acid groups (broad SMARTS) is 1. The summed E-state index contributed by atoms with van der Waals surface area (Å²) < 4.78 is 97.5. The molecular weight excluding hydrogens is 491 g/mol. The van der Waals surface area contributed by atoms with Crippen LogP contribution in [0.1, 0.15) is 20.0 Å². The number of nitrogens with zero attached hydrogens (tertiary/aromatic N) is 1. The number of rotatable bonds is 7. The lowest BCUT2D eigenvalue weighted by Gasteiger charge is -2.19. The SMILES string of the molecule is O=C(O)c1sccc1C(=O)N(F)c1c(OF)c(F)c(-c2cccc(F)c2F)c(OF)c1OF. The highest BCUT2D eigenvalue weighted by Crippen LogP contribution is 2.54. The largest absolute Gasteiger partial charge is 0.477 e. The Balaban J connectivity index is 2.32. The predicted octanol–water partition coefficient (Wildman–Crippen LogP) is 5.85. The molecule has 1 N–H and O–H groups in total. The third-order valence-corrected chi connectivity index (χ3v) is 5.10. The lowest BCUT2D eigenvalue weighted by Crippen LogP contribution is -2.24. The molecule has 0 radical (unpaired) electrons. The van der Waals surface area contributed by atoms with Crippen molar-refractivity contribution < 1.29 is 60.8 Å². The highest BCUT2D eigenvalue weighted by Gasteiger charge is 2.39. The van der Waals surface area contributed by atoms with Crippen molar-refractivity contribution in [1.82, 2.24) is 0 Å². The molecule has 33 heavy (non-hydrogen) atoms. The molecule has 0 aliphatic carbocycles. The average Bonchev–Trinajstić information content (AvgIpc) is 3.29. The Hall–Kier alpha value is -4.01. The van der Waals surface area contributed by atoms with Crippen molar-refractivity contribution in [2.24, 2.45) is 0 Å². The third-order valence-electron chi connectivity index (χ3n) is 4.20. The highest BCUT2D eigenvalue weighted by atomic mass is 32.1. The number of carbonyl (C=O) groups excluding carboxylic acids is 1. The fraction of sp³-hybridized carbons (Fsp3) is 0. The zero-order valence-corrected chi connectivity index (χ0v) is 16.2. The lowest BCUT2D eigenvalue weighted by molar-refractivity contribution is -0.0412. The van der Waals surface area contributed by atoms with E-state index in [1.807, 2.05) is 0 Å². The number of halogens is 7. The molecule has 0 spiro atoms. The van der Waals surface area contributed by atoms with Gasteiger partial charge in [-0.2, -0.15) is 0 Å². The summed E-state index contributed by atoms with van der Waals surface area (Å²) >= 11 is 0.472. The molecule has 7 nitrogen and oxygen atoms in total. The van der Waals surface area contributed by atoms with Crippen molar-refractivity contribution in [3.63, 3.8) is 0 Å². The van der Waals surface area contributed by atoms with E-state index in [0.29, 0.717) is 23.5 Å². The molecule has 1 amide bonds. The molecule has 1 heterocycles. The van der Waals surface area contributed by atoms with Gasteiger partial charge in [0.1, 0.15) is 4.88 Å². The first-order chi connectivity index (χ1) is 15.7. The summed E-state index contributed by atoms with van der Waals surface area (Å²) in [4.78, 5) is 32.5. The monoisotopic (exact) mass is 497 g/mol. The van der Waals surface area contributed by atoms with Gasteiger partial charge in [-0.25, -0.2) is 18.0 Å². The maximum atomic E-state index is 15.0. The molecule has 0 fully saturated rings. The van der Waals surface area contributed by atoms with Gasteiger partial charge in [0.2, 0.25) is 17.2 Å². The molecule has 0 bridgehead atoms. The number of amides is 1. The van der Waals surface area contributed by atoms with Crippen LogP contribution >= 0.6 is 11.3 Å². The number of benzene rings is 2. The number of thiophene rings is 1. The van der Waals surface area contributed by atoms with Crippen molar-refractivity contribution in [1.29, 1.82) is 0 Å². The van der Waals surface area contributed by atoms with Crippen molar-refractivity contribution >= 4 is 28.9 Å². The summed E-state index contributed by atoms with van der Waals surface area (Å²) in [5.74, 6) is -14.8. The first-order valence-corrected chi connectivity index (χ1v) is 9.08. The number of carboxylic acids is 1. The average molecular weight is 497 g/mol. The Morgan fingerprint density at radius 1 is 0.909 bits per heavy atom. The summed E-state index contributed by atoms with van der Waals surface area (Å²) in [6.45, 7) is 0. The molecule has 0 saturated carbocycles. The molecule has 3 aromatic rings. The summed E-state index contributed by atoms with van der Waals surface area (Å²) in [5, 5.41) is 8.89. The van der Waals surface area contributed by atoms with Crippen molar-refractivity contribution in [3.8, 4) is 28.4 Å². The van der Waals surface area contributed by atoms with Crippen LogP contribution in [0.2, 0.25) is 0 Å². The van der Waals surface area contributed by atoms with Gasteiger partial charge in [-0.1, -0.05) is 16.6 Å². The van der Waals surface area contributed by atoms with Gasteiger partial charge in [-0.05, 0) is 17.5 Å². The van der Waals surface area contributed by atoms with Crippen LogP contribution in [-0.4, -0.2) is 17.0 Å². The Labute approximate surface area is 181 Å². The van der Waals surface area contributed by atoms with Gasteiger partial charge in [0.15, 0.2) is 23.1 Å². The summed E-state index contributed by atoms with van der Waals surface area (Å²) in [6.07, 6.45) is 0. The minimum absolute atomic E-state index is 0.472. The first kappa shape index (κ1) is 23.6. The number of carbonyl (C=O) groups is 2. The van der Waals surface area contributed by atoms with E-state index >= 15 is 0 Å². The second-order valence-corrected chi connectivity index (χ2v) is 6.83. The highest BCUT2D eigenvalue weighted by molar-refractivity contribution is 7.12. The van der Waals surface area contributed by atoms with Crippen LogP contribution in [0.15, 0.2) is 29.6 Å². The zero-order valence-electron chi connectivity index (χ0n) is 15.4. The van der Waals surface area contributed by atoms with Gasteiger partial charge in [-0.15, -0.1) is 16.5 Å². The Kier molecular flexibility index (Phi) is 6.62. The Bertz CT molecular complexity index is 1250. The fourth-order valence-corrected chi connectivity index (χ4v) is 3.55. The van der Waals surface area contributed by atoms with E-state index in [1.54, 1.807) is 0 Å². The standard InChI is InChI=1S/C18H6F7NO6S/c19-8-3-1-2-6(10(8)20)9-11(21)14(31-24)12(15(32-25)13(9)30-23)26(22)17(27)7-4-5-33-16(7)18(28)29/h1-5H,(H,28,29). The van der Waals surface area contributed by atoms with Gasteiger partial charge < -0.3 is 5.11 Å². The molecule has 0 atom stereocenters. The van der Waals surface area contributed by atoms with E-state index in [1.165, 1.54) is 0 Å². The number of aromatic carboxylic acids is 1. The van der Waals surface area contributed by atoms with Crippen LogP contribution in [0.4, 0.5) is 36.9 Å². The van der Waals surface area contributed by atoms with Gasteiger partial charge in [-0.3, -0.25) is 19.6 Å². The van der Waals surface area contributed by atoms with Crippen molar-refractivity contribution in [2.75, 3.05) is 5.12 Å². The Morgan fingerprint density at radius 2 is 1.55 bits per heavy atom. The van der Waals surface area contributed by atoms with Crippen LogP contribution < -0.4 is 19.9 Å². The molecule has 15 heteroatoms. The van der Waals surface area contributed by atoms with Crippen LogP contribution in [0.25, 0.3) is 11.1 Å². The molecular formula is C18H6F7NO6S. The minimum Gasteiger partial charge on any atom is -0.477 e.